The Morgan fingerprint density at radius 3 is 2.79 bits per heavy atom. The molecule has 28 heavy (non-hydrogen) atoms. The molecule has 3 heterocycles. The van der Waals surface area contributed by atoms with E-state index in [9.17, 15) is 9.59 Å². The Morgan fingerprint density at radius 1 is 1.18 bits per heavy atom. The van der Waals surface area contributed by atoms with Crippen molar-refractivity contribution in [2.75, 3.05) is 25.5 Å². The van der Waals surface area contributed by atoms with E-state index in [2.05, 4.69) is 5.32 Å². The number of fused-ring (bicyclic) bond motifs is 4. The first-order chi connectivity index (χ1) is 13.6. The summed E-state index contributed by atoms with van der Waals surface area (Å²) >= 11 is 0. The summed E-state index contributed by atoms with van der Waals surface area (Å²) < 4.78 is 7.24. The number of amides is 2. The Morgan fingerprint density at radius 2 is 2.00 bits per heavy atom. The quantitative estimate of drug-likeness (QED) is 0.887. The summed E-state index contributed by atoms with van der Waals surface area (Å²) in [6.45, 7) is 3.89. The monoisotopic (exact) mass is 379 g/mol. The summed E-state index contributed by atoms with van der Waals surface area (Å²) in [5, 5.41) is 2.98. The molecule has 2 bridgehead atoms. The molecule has 1 aromatic heterocycles. The lowest BCUT2D eigenvalue weighted by Gasteiger charge is -2.43. The number of nitrogens with zero attached hydrogens (tertiary/aromatic N) is 2. The molecular formula is C22H25N3O3. The molecular weight excluding hydrogens is 354 g/mol. The molecule has 4 rings (SSSR count). The van der Waals surface area contributed by atoms with Crippen molar-refractivity contribution >= 4 is 17.8 Å². The van der Waals surface area contributed by atoms with Gasteiger partial charge < -0.3 is 19.5 Å². The van der Waals surface area contributed by atoms with Gasteiger partial charge in [0.15, 0.2) is 0 Å². The van der Waals surface area contributed by atoms with Crippen LogP contribution in [0.3, 0.4) is 0 Å². The summed E-state index contributed by atoms with van der Waals surface area (Å²) in [5.74, 6) is 1.09. The summed E-state index contributed by atoms with van der Waals surface area (Å²) in [6.07, 6.45) is 5.04. The number of urea groups is 1. The van der Waals surface area contributed by atoms with Crippen LogP contribution in [0.5, 0.6) is 5.75 Å². The number of methoxy groups -OCH3 is 1. The summed E-state index contributed by atoms with van der Waals surface area (Å²) in [6, 6.07) is 10.8. The summed E-state index contributed by atoms with van der Waals surface area (Å²) in [4.78, 5) is 27.2. The second-order valence-electron chi connectivity index (χ2n) is 7.46. The number of benzene rings is 1. The number of ether oxygens (including phenoxy) is 1. The highest BCUT2D eigenvalue weighted by molar-refractivity contribution is 5.91. The van der Waals surface area contributed by atoms with Gasteiger partial charge in [0.1, 0.15) is 5.75 Å². The number of nitrogens with one attached hydrogen (secondary N) is 1. The highest BCUT2D eigenvalue weighted by atomic mass is 16.5. The van der Waals surface area contributed by atoms with Crippen LogP contribution in [0.1, 0.15) is 30.5 Å². The second kappa shape index (κ2) is 7.54. The van der Waals surface area contributed by atoms with Crippen LogP contribution >= 0.6 is 0 Å². The van der Waals surface area contributed by atoms with Gasteiger partial charge in [-0.1, -0.05) is 24.3 Å². The van der Waals surface area contributed by atoms with E-state index in [1.54, 1.807) is 13.2 Å². The van der Waals surface area contributed by atoms with Crippen LogP contribution in [0.15, 0.2) is 47.3 Å². The highest BCUT2D eigenvalue weighted by Crippen LogP contribution is 2.37. The van der Waals surface area contributed by atoms with E-state index in [-0.39, 0.29) is 23.4 Å². The van der Waals surface area contributed by atoms with Crippen molar-refractivity contribution in [3.8, 4) is 5.75 Å². The van der Waals surface area contributed by atoms with Gasteiger partial charge in [-0.3, -0.25) is 4.79 Å². The molecule has 0 aliphatic carbocycles. The third kappa shape index (κ3) is 3.30. The number of rotatable bonds is 3. The molecule has 2 aliphatic heterocycles. The molecule has 6 nitrogen and oxygen atoms in total. The first-order valence-corrected chi connectivity index (χ1v) is 9.66. The molecule has 2 atom stereocenters. The molecule has 146 valence electrons. The lowest BCUT2D eigenvalue weighted by atomic mass is 9.81. The van der Waals surface area contributed by atoms with Crippen LogP contribution < -0.4 is 15.6 Å². The third-order valence-electron chi connectivity index (χ3n) is 5.60. The van der Waals surface area contributed by atoms with Gasteiger partial charge in [-0.15, -0.1) is 0 Å². The number of carbonyl (C=O) groups excluding carboxylic acids is 1. The van der Waals surface area contributed by atoms with Crippen LogP contribution in [0.25, 0.3) is 6.08 Å². The standard InChI is InChI=1S/C22H25N3O3/c1-3-6-16-9-10-20(26)25-13-15-11-17(21(16)25)14-24(12-15)22(27)23-18-7-4-5-8-19(18)28-2/h3-10,15,17H,11-14H2,1-2H3,(H,23,27)/t15-,17-/m0/s1. The van der Waals surface area contributed by atoms with Crippen molar-refractivity contribution in [1.82, 2.24) is 9.47 Å². The van der Waals surface area contributed by atoms with Gasteiger partial charge in [-0.05, 0) is 43.0 Å². The molecule has 1 fully saturated rings. The van der Waals surface area contributed by atoms with Crippen molar-refractivity contribution < 1.29 is 9.53 Å². The normalized spacial score (nSPS) is 20.7. The Kier molecular flexibility index (Phi) is 4.94. The molecule has 2 aromatic rings. The van der Waals surface area contributed by atoms with E-state index in [1.807, 2.05) is 58.9 Å². The third-order valence-corrected chi connectivity index (χ3v) is 5.60. The molecule has 2 amide bonds. The van der Waals surface area contributed by atoms with E-state index in [0.29, 0.717) is 31.1 Å². The molecule has 0 radical (unpaired) electrons. The van der Waals surface area contributed by atoms with Crippen molar-refractivity contribution in [1.29, 1.82) is 0 Å². The van der Waals surface area contributed by atoms with E-state index >= 15 is 0 Å². The van der Waals surface area contributed by atoms with Crippen molar-refractivity contribution in [3.63, 3.8) is 0 Å². The fourth-order valence-electron chi connectivity index (χ4n) is 4.48. The molecule has 2 aliphatic rings. The number of para-hydroxylation sites is 2. The number of aromatic nitrogens is 1. The first kappa shape index (κ1) is 18.3. The molecule has 1 N–H and O–H groups in total. The summed E-state index contributed by atoms with van der Waals surface area (Å²) in [5.41, 5.74) is 2.83. The van der Waals surface area contributed by atoms with Crippen LogP contribution in [-0.4, -0.2) is 35.7 Å². The Balaban J connectivity index is 1.60. The summed E-state index contributed by atoms with van der Waals surface area (Å²) in [7, 11) is 1.59. The molecule has 1 saturated heterocycles. The van der Waals surface area contributed by atoms with Gasteiger partial charge in [0.05, 0.1) is 12.8 Å². The van der Waals surface area contributed by atoms with Gasteiger partial charge in [-0.25, -0.2) is 4.79 Å². The number of pyridine rings is 1. The number of hydrogen-bond acceptors (Lipinski definition) is 3. The van der Waals surface area contributed by atoms with Crippen LogP contribution in [0.2, 0.25) is 0 Å². The number of allylic oxidation sites excluding steroid dienone is 1. The van der Waals surface area contributed by atoms with Gasteiger partial charge in [0.2, 0.25) is 0 Å². The molecule has 0 spiro atoms. The fourth-order valence-corrected chi connectivity index (χ4v) is 4.48. The lowest BCUT2D eigenvalue weighted by molar-refractivity contribution is 0.139. The van der Waals surface area contributed by atoms with Gasteiger partial charge in [0.25, 0.3) is 5.56 Å². The topological polar surface area (TPSA) is 63.6 Å². The Labute approximate surface area is 164 Å². The van der Waals surface area contributed by atoms with E-state index in [1.165, 1.54) is 0 Å². The zero-order valence-electron chi connectivity index (χ0n) is 16.2. The highest BCUT2D eigenvalue weighted by Gasteiger charge is 2.37. The van der Waals surface area contributed by atoms with Gasteiger partial charge >= 0.3 is 6.03 Å². The zero-order chi connectivity index (χ0) is 19.7. The van der Waals surface area contributed by atoms with Gasteiger partial charge in [0, 0.05) is 37.3 Å². The zero-order valence-corrected chi connectivity index (χ0v) is 16.2. The average Bonchev–Trinajstić information content (AvgIpc) is 2.70. The molecule has 0 unspecified atom stereocenters. The Hall–Kier alpha value is -3.02. The SMILES string of the molecule is CC=Cc1ccc(=O)n2c1[C@H]1C[C@@H](CN(C(=O)Nc3ccccc3OC)C1)C2. The number of likely N-dealkylation sites (tertiary alicyclic amines) is 1. The number of hydrogen-bond donors (Lipinski definition) is 1. The van der Waals surface area contributed by atoms with E-state index < -0.39 is 0 Å². The first-order valence-electron chi connectivity index (χ1n) is 9.66. The lowest BCUT2D eigenvalue weighted by Crippen LogP contribution is -2.50. The van der Waals surface area contributed by atoms with Crippen molar-refractivity contribution in [2.45, 2.75) is 25.8 Å². The number of carbonyl (C=O) groups is 1. The van der Waals surface area contributed by atoms with Gasteiger partial charge in [-0.2, -0.15) is 0 Å². The maximum Gasteiger partial charge on any atom is 0.321 e. The van der Waals surface area contributed by atoms with E-state index in [0.717, 1.165) is 17.7 Å². The van der Waals surface area contributed by atoms with Crippen LogP contribution in [0.4, 0.5) is 10.5 Å². The number of piperidine rings is 1. The second-order valence-corrected chi connectivity index (χ2v) is 7.46. The molecule has 6 heteroatoms. The smallest absolute Gasteiger partial charge is 0.321 e. The predicted molar refractivity (Wildman–Crippen MR) is 110 cm³/mol. The Bertz CT molecular complexity index is 979. The number of anilines is 1. The minimum absolute atomic E-state index is 0.0462. The maximum absolute atomic E-state index is 12.9. The van der Waals surface area contributed by atoms with E-state index in [4.69, 9.17) is 4.74 Å². The molecule has 0 saturated carbocycles. The average molecular weight is 379 g/mol. The van der Waals surface area contributed by atoms with Crippen molar-refractivity contribution in [2.24, 2.45) is 5.92 Å². The minimum Gasteiger partial charge on any atom is -0.495 e. The maximum atomic E-state index is 12.9. The van der Waals surface area contributed by atoms with Crippen LogP contribution in [-0.2, 0) is 6.54 Å². The minimum atomic E-state index is -0.126. The van der Waals surface area contributed by atoms with Crippen LogP contribution in [0, 0.1) is 5.92 Å². The molecule has 1 aromatic carbocycles. The predicted octanol–water partition coefficient (Wildman–Crippen LogP) is 3.54. The fraction of sp³-hybridized carbons (Fsp3) is 0.364. The largest absolute Gasteiger partial charge is 0.495 e. The van der Waals surface area contributed by atoms with Crippen molar-refractivity contribution in [3.05, 3.63) is 64.1 Å².